The molecule has 0 radical (unpaired) electrons. The highest BCUT2D eigenvalue weighted by atomic mass is 32.1. The molecule has 2 aliphatic carbocycles. The molecule has 1 aliphatic heterocycles. The first-order valence-corrected chi connectivity index (χ1v) is 13.8. The summed E-state index contributed by atoms with van der Waals surface area (Å²) in [4.78, 5) is 20.7. The number of fused-ring (bicyclic) bond motifs is 1. The van der Waals surface area contributed by atoms with E-state index in [0.717, 1.165) is 54.0 Å². The van der Waals surface area contributed by atoms with E-state index in [2.05, 4.69) is 4.90 Å². The molecule has 4 aromatic rings. The lowest BCUT2D eigenvalue weighted by molar-refractivity contribution is -0.0316. The number of methoxy groups -OCH3 is 1. The molecule has 3 heterocycles. The second-order valence-corrected chi connectivity index (χ2v) is 11.2. The van der Waals surface area contributed by atoms with Gasteiger partial charge in [0.1, 0.15) is 21.6 Å². The van der Waals surface area contributed by atoms with Crippen LogP contribution in [0.3, 0.4) is 0 Å². The van der Waals surface area contributed by atoms with Crippen molar-refractivity contribution < 1.29 is 14.2 Å². The van der Waals surface area contributed by atoms with Crippen molar-refractivity contribution in [1.29, 1.82) is 0 Å². The van der Waals surface area contributed by atoms with Gasteiger partial charge in [-0.3, -0.25) is 14.3 Å². The fourth-order valence-electron chi connectivity index (χ4n) is 4.98. The molecule has 3 fully saturated rings. The van der Waals surface area contributed by atoms with Crippen LogP contribution in [0.15, 0.2) is 59.5 Å². The standard InChI is InChI=1S/C29H29N3O4S/c1-34-26-15-20(7-12-25(26)36-23-16-31(17-23)19-3-2-4-19)32-14-13-24-27(29(32)33)37-28(30-24)18-5-8-21(9-6-18)35-22-10-11-22/h5-9,12-15,19,22-23H,2-4,10-11,16-17H2,1H3. The third-order valence-electron chi connectivity index (χ3n) is 7.56. The van der Waals surface area contributed by atoms with Crippen LogP contribution in [0.5, 0.6) is 17.2 Å². The maximum absolute atomic E-state index is 13.4. The van der Waals surface area contributed by atoms with Gasteiger partial charge in [0.2, 0.25) is 0 Å². The molecule has 37 heavy (non-hydrogen) atoms. The van der Waals surface area contributed by atoms with E-state index in [4.69, 9.17) is 19.2 Å². The molecule has 0 bridgehead atoms. The molecule has 0 atom stereocenters. The van der Waals surface area contributed by atoms with Gasteiger partial charge in [-0.15, -0.1) is 11.3 Å². The first-order valence-electron chi connectivity index (χ1n) is 13.0. The Labute approximate surface area is 219 Å². The van der Waals surface area contributed by atoms with Gasteiger partial charge in [-0.2, -0.15) is 0 Å². The van der Waals surface area contributed by atoms with E-state index in [9.17, 15) is 4.79 Å². The molecule has 0 unspecified atom stereocenters. The van der Waals surface area contributed by atoms with Crippen molar-refractivity contribution in [3.05, 3.63) is 65.1 Å². The van der Waals surface area contributed by atoms with Crippen molar-refractivity contribution in [1.82, 2.24) is 14.5 Å². The fraction of sp³-hybridized carbons (Fsp3) is 0.379. The SMILES string of the molecule is COc1cc(-n2ccc3nc(-c4ccc(OC5CC5)cc4)sc3c2=O)ccc1OC1CN(C2CCC2)C1. The molecular formula is C29H29N3O4S. The Kier molecular flexibility index (Phi) is 5.66. The van der Waals surface area contributed by atoms with Crippen LogP contribution >= 0.6 is 11.3 Å². The lowest BCUT2D eigenvalue weighted by Gasteiger charge is -2.47. The molecule has 7 nitrogen and oxygen atoms in total. The lowest BCUT2D eigenvalue weighted by atomic mass is 9.89. The topological polar surface area (TPSA) is 65.8 Å². The highest BCUT2D eigenvalue weighted by Crippen LogP contribution is 2.35. The number of nitrogens with zero attached hydrogens (tertiary/aromatic N) is 3. The van der Waals surface area contributed by atoms with Crippen molar-refractivity contribution in [3.63, 3.8) is 0 Å². The predicted molar refractivity (Wildman–Crippen MR) is 144 cm³/mol. The average molecular weight is 516 g/mol. The zero-order valence-electron chi connectivity index (χ0n) is 20.8. The number of pyridine rings is 1. The predicted octanol–water partition coefficient (Wildman–Crippen LogP) is 5.28. The average Bonchev–Trinajstić information content (AvgIpc) is 3.56. The van der Waals surface area contributed by atoms with Crippen molar-refractivity contribution in [2.75, 3.05) is 20.2 Å². The van der Waals surface area contributed by atoms with E-state index in [1.807, 2.05) is 48.5 Å². The Morgan fingerprint density at radius 3 is 2.43 bits per heavy atom. The van der Waals surface area contributed by atoms with E-state index < -0.39 is 0 Å². The van der Waals surface area contributed by atoms with Gasteiger partial charge < -0.3 is 14.2 Å². The monoisotopic (exact) mass is 515 g/mol. The van der Waals surface area contributed by atoms with Gasteiger partial charge in [-0.1, -0.05) is 6.42 Å². The Hall–Kier alpha value is -3.36. The molecule has 3 aliphatic rings. The van der Waals surface area contributed by atoms with Crippen LogP contribution in [0.4, 0.5) is 0 Å². The Morgan fingerprint density at radius 1 is 0.919 bits per heavy atom. The summed E-state index contributed by atoms with van der Waals surface area (Å²) in [5.41, 5.74) is 2.32. The van der Waals surface area contributed by atoms with E-state index in [-0.39, 0.29) is 11.7 Å². The van der Waals surface area contributed by atoms with Gasteiger partial charge in [0.15, 0.2) is 11.5 Å². The summed E-state index contributed by atoms with van der Waals surface area (Å²) in [6, 6.07) is 16.3. The highest BCUT2D eigenvalue weighted by Gasteiger charge is 2.36. The van der Waals surface area contributed by atoms with Gasteiger partial charge in [0, 0.05) is 37.0 Å². The maximum atomic E-state index is 13.4. The van der Waals surface area contributed by atoms with E-state index >= 15 is 0 Å². The van der Waals surface area contributed by atoms with Gasteiger partial charge in [-0.05, 0) is 68.1 Å². The van der Waals surface area contributed by atoms with Gasteiger partial charge >= 0.3 is 0 Å². The summed E-state index contributed by atoms with van der Waals surface area (Å²) in [6.07, 6.45) is 8.56. The minimum atomic E-state index is -0.0965. The molecule has 0 spiro atoms. The van der Waals surface area contributed by atoms with Crippen LogP contribution < -0.4 is 19.8 Å². The number of hydrogen-bond acceptors (Lipinski definition) is 7. The lowest BCUT2D eigenvalue weighted by Crippen LogP contribution is -2.59. The molecule has 2 aromatic heterocycles. The Bertz CT molecular complexity index is 1500. The molecule has 8 heteroatoms. The molecule has 2 saturated carbocycles. The van der Waals surface area contributed by atoms with E-state index in [1.165, 1.54) is 30.6 Å². The number of hydrogen-bond donors (Lipinski definition) is 0. The third-order valence-corrected chi connectivity index (χ3v) is 8.67. The van der Waals surface area contributed by atoms with Crippen molar-refractivity contribution in [3.8, 4) is 33.5 Å². The zero-order valence-corrected chi connectivity index (χ0v) is 21.6. The van der Waals surface area contributed by atoms with Crippen LogP contribution in [0.1, 0.15) is 32.1 Å². The molecule has 2 aromatic carbocycles. The number of aromatic nitrogens is 2. The first kappa shape index (κ1) is 22.8. The summed E-state index contributed by atoms with van der Waals surface area (Å²) < 4.78 is 20.0. The van der Waals surface area contributed by atoms with Gasteiger partial charge in [-0.25, -0.2) is 4.98 Å². The number of thiazole rings is 1. The van der Waals surface area contributed by atoms with Crippen LogP contribution in [-0.2, 0) is 0 Å². The minimum absolute atomic E-state index is 0.0965. The largest absolute Gasteiger partial charge is 0.493 e. The van der Waals surface area contributed by atoms with Crippen molar-refractivity contribution >= 4 is 21.6 Å². The second kappa shape index (κ2) is 9.19. The summed E-state index contributed by atoms with van der Waals surface area (Å²) in [5.74, 6) is 2.22. The number of ether oxygens (including phenoxy) is 3. The molecule has 0 N–H and O–H groups in total. The summed E-state index contributed by atoms with van der Waals surface area (Å²) in [7, 11) is 1.63. The van der Waals surface area contributed by atoms with Crippen LogP contribution in [0, 0.1) is 0 Å². The summed E-state index contributed by atoms with van der Waals surface area (Å²) >= 11 is 1.41. The molecule has 7 rings (SSSR count). The zero-order chi connectivity index (χ0) is 24.9. The molecule has 190 valence electrons. The fourth-order valence-corrected chi connectivity index (χ4v) is 5.97. The second-order valence-electron chi connectivity index (χ2n) is 10.2. The first-order chi connectivity index (χ1) is 18.1. The number of benzene rings is 2. The van der Waals surface area contributed by atoms with Crippen LogP contribution in [0.2, 0.25) is 0 Å². The van der Waals surface area contributed by atoms with Crippen molar-refractivity contribution in [2.45, 2.75) is 50.4 Å². The Morgan fingerprint density at radius 2 is 1.73 bits per heavy atom. The van der Waals surface area contributed by atoms with Crippen LogP contribution in [-0.4, -0.2) is 52.9 Å². The normalized spacial score (nSPS) is 18.4. The van der Waals surface area contributed by atoms with Gasteiger partial charge in [0.05, 0.1) is 24.4 Å². The number of rotatable bonds is 8. The summed E-state index contributed by atoms with van der Waals surface area (Å²) in [6.45, 7) is 1.94. The molecule has 1 saturated heterocycles. The van der Waals surface area contributed by atoms with E-state index in [1.54, 1.807) is 17.9 Å². The minimum Gasteiger partial charge on any atom is -0.493 e. The third kappa shape index (κ3) is 4.38. The number of likely N-dealkylation sites (tertiary alicyclic amines) is 1. The Balaban J connectivity index is 1.12. The smallest absolute Gasteiger partial charge is 0.274 e. The molecular weight excluding hydrogens is 486 g/mol. The van der Waals surface area contributed by atoms with E-state index in [0.29, 0.717) is 27.8 Å². The molecule has 0 amide bonds. The van der Waals surface area contributed by atoms with Crippen molar-refractivity contribution in [2.24, 2.45) is 0 Å². The maximum Gasteiger partial charge on any atom is 0.274 e. The van der Waals surface area contributed by atoms with Gasteiger partial charge in [0.25, 0.3) is 5.56 Å². The quantitative estimate of drug-likeness (QED) is 0.318. The van der Waals surface area contributed by atoms with Crippen LogP contribution in [0.25, 0.3) is 26.5 Å². The summed E-state index contributed by atoms with van der Waals surface area (Å²) in [5, 5.41) is 0.820. The highest BCUT2D eigenvalue weighted by molar-refractivity contribution is 7.21.